The van der Waals surface area contributed by atoms with Crippen LogP contribution in [0.15, 0.2) is 24.3 Å². The second-order valence-corrected chi connectivity index (χ2v) is 6.64. The van der Waals surface area contributed by atoms with Gasteiger partial charge >= 0.3 is 0 Å². The van der Waals surface area contributed by atoms with Gasteiger partial charge in [0, 0.05) is 49.5 Å². The van der Waals surface area contributed by atoms with Crippen LogP contribution in [0.3, 0.4) is 0 Å². The van der Waals surface area contributed by atoms with Crippen LogP contribution in [0.4, 0.5) is 5.69 Å². The van der Waals surface area contributed by atoms with Crippen molar-refractivity contribution in [3.8, 4) is 0 Å². The Balaban J connectivity index is 1.45. The summed E-state index contributed by atoms with van der Waals surface area (Å²) in [7, 11) is 0. The van der Waals surface area contributed by atoms with Crippen LogP contribution in [0.1, 0.15) is 13.3 Å². The van der Waals surface area contributed by atoms with Gasteiger partial charge in [-0.1, -0.05) is 17.7 Å². The molecule has 0 unspecified atom stereocenters. The Hall–Kier alpha value is -1.30. The zero-order valence-electron chi connectivity index (χ0n) is 13.5. The Morgan fingerprint density at radius 1 is 1.35 bits per heavy atom. The lowest BCUT2D eigenvalue weighted by molar-refractivity contribution is -0.130. The van der Waals surface area contributed by atoms with Gasteiger partial charge in [-0.3, -0.25) is 4.79 Å². The zero-order valence-corrected chi connectivity index (χ0v) is 14.3. The Labute approximate surface area is 142 Å². The molecule has 2 aliphatic rings. The van der Waals surface area contributed by atoms with Crippen molar-refractivity contribution in [2.75, 3.05) is 44.2 Å². The molecule has 1 N–H and O–H groups in total. The standard InChI is InChI=1S/C17H24ClN3O2/c1-13-16(5-10-23-13)19-12-17(22)21-8-6-20(7-9-21)15-4-2-3-14(18)11-15/h2-4,11,13,16,19H,5-10,12H2,1H3/t13-,16-/m1/s1. The summed E-state index contributed by atoms with van der Waals surface area (Å²) in [6.07, 6.45) is 1.18. The Morgan fingerprint density at radius 2 is 2.13 bits per heavy atom. The SMILES string of the molecule is C[C@H]1OCC[C@H]1NCC(=O)N1CCN(c2cccc(Cl)c2)CC1. The molecule has 2 fully saturated rings. The zero-order chi connectivity index (χ0) is 16.2. The number of hydrogen-bond donors (Lipinski definition) is 1. The number of carbonyl (C=O) groups is 1. The lowest BCUT2D eigenvalue weighted by atomic mass is 10.1. The summed E-state index contributed by atoms with van der Waals surface area (Å²) in [5.74, 6) is 0.176. The van der Waals surface area contributed by atoms with E-state index in [9.17, 15) is 4.79 Å². The normalized spacial score (nSPS) is 25.0. The minimum Gasteiger partial charge on any atom is -0.377 e. The highest BCUT2D eigenvalue weighted by Gasteiger charge is 2.26. The second kappa shape index (κ2) is 7.51. The van der Waals surface area contributed by atoms with Gasteiger partial charge in [-0.05, 0) is 31.5 Å². The molecule has 1 aromatic carbocycles. The molecule has 0 radical (unpaired) electrons. The Kier molecular flexibility index (Phi) is 5.41. The minimum atomic E-state index is 0.176. The van der Waals surface area contributed by atoms with Crippen molar-refractivity contribution in [3.05, 3.63) is 29.3 Å². The van der Waals surface area contributed by atoms with Crippen molar-refractivity contribution in [2.24, 2.45) is 0 Å². The van der Waals surface area contributed by atoms with E-state index < -0.39 is 0 Å². The van der Waals surface area contributed by atoms with Crippen molar-refractivity contribution in [2.45, 2.75) is 25.5 Å². The van der Waals surface area contributed by atoms with Crippen LogP contribution in [0.5, 0.6) is 0 Å². The van der Waals surface area contributed by atoms with Crippen LogP contribution in [-0.2, 0) is 9.53 Å². The van der Waals surface area contributed by atoms with E-state index in [1.807, 2.05) is 23.1 Å². The maximum Gasteiger partial charge on any atom is 0.236 e. The number of hydrogen-bond acceptors (Lipinski definition) is 4. The van der Waals surface area contributed by atoms with Gasteiger partial charge in [0.25, 0.3) is 0 Å². The largest absolute Gasteiger partial charge is 0.377 e. The van der Waals surface area contributed by atoms with E-state index in [2.05, 4.69) is 23.2 Å². The smallest absolute Gasteiger partial charge is 0.236 e. The van der Waals surface area contributed by atoms with Crippen molar-refractivity contribution in [3.63, 3.8) is 0 Å². The lowest BCUT2D eigenvalue weighted by Crippen LogP contribution is -2.52. The average Bonchev–Trinajstić information content (AvgIpc) is 2.98. The molecular weight excluding hydrogens is 314 g/mol. The van der Waals surface area contributed by atoms with Crippen LogP contribution in [-0.4, -0.2) is 62.3 Å². The fourth-order valence-corrected chi connectivity index (χ4v) is 3.40. The molecule has 2 atom stereocenters. The Morgan fingerprint density at radius 3 is 2.78 bits per heavy atom. The van der Waals surface area contributed by atoms with Gasteiger partial charge in [0.15, 0.2) is 0 Å². The summed E-state index contributed by atoms with van der Waals surface area (Å²) in [4.78, 5) is 16.6. The van der Waals surface area contributed by atoms with Gasteiger partial charge < -0.3 is 19.9 Å². The molecule has 2 saturated heterocycles. The molecule has 1 aromatic rings. The molecule has 2 aliphatic heterocycles. The second-order valence-electron chi connectivity index (χ2n) is 6.20. The highest BCUT2D eigenvalue weighted by molar-refractivity contribution is 6.30. The quantitative estimate of drug-likeness (QED) is 0.909. The molecule has 0 saturated carbocycles. The van der Waals surface area contributed by atoms with Crippen LogP contribution in [0.2, 0.25) is 5.02 Å². The average molecular weight is 338 g/mol. The molecule has 6 heteroatoms. The third-order valence-corrected chi connectivity index (χ3v) is 4.93. The summed E-state index contributed by atoms with van der Waals surface area (Å²) in [5.41, 5.74) is 1.12. The van der Waals surface area contributed by atoms with E-state index in [-0.39, 0.29) is 12.0 Å². The summed E-state index contributed by atoms with van der Waals surface area (Å²) in [6, 6.07) is 8.18. The van der Waals surface area contributed by atoms with Crippen molar-refractivity contribution >= 4 is 23.2 Å². The monoisotopic (exact) mass is 337 g/mol. The van der Waals surface area contributed by atoms with E-state index in [4.69, 9.17) is 16.3 Å². The first-order valence-electron chi connectivity index (χ1n) is 8.27. The molecule has 0 spiro atoms. The van der Waals surface area contributed by atoms with Gasteiger partial charge in [-0.2, -0.15) is 0 Å². The number of halogens is 1. The van der Waals surface area contributed by atoms with E-state index in [1.54, 1.807) is 0 Å². The number of amides is 1. The van der Waals surface area contributed by atoms with Crippen LogP contribution < -0.4 is 10.2 Å². The lowest BCUT2D eigenvalue weighted by Gasteiger charge is -2.36. The first-order chi connectivity index (χ1) is 11.1. The highest BCUT2D eigenvalue weighted by atomic mass is 35.5. The molecule has 3 rings (SSSR count). The summed E-state index contributed by atoms with van der Waals surface area (Å²) in [6.45, 7) is 6.43. The van der Waals surface area contributed by atoms with E-state index in [1.165, 1.54) is 0 Å². The van der Waals surface area contributed by atoms with Gasteiger partial charge in [-0.15, -0.1) is 0 Å². The molecule has 1 amide bonds. The highest BCUT2D eigenvalue weighted by Crippen LogP contribution is 2.20. The van der Waals surface area contributed by atoms with Crippen molar-refractivity contribution < 1.29 is 9.53 Å². The molecule has 0 aliphatic carbocycles. The van der Waals surface area contributed by atoms with Crippen LogP contribution >= 0.6 is 11.6 Å². The summed E-state index contributed by atoms with van der Waals surface area (Å²) >= 11 is 6.05. The number of benzene rings is 1. The first kappa shape index (κ1) is 16.6. The maximum absolute atomic E-state index is 12.3. The molecule has 23 heavy (non-hydrogen) atoms. The number of ether oxygens (including phenoxy) is 1. The van der Waals surface area contributed by atoms with E-state index in [0.29, 0.717) is 12.6 Å². The molecule has 0 bridgehead atoms. The van der Waals surface area contributed by atoms with Crippen molar-refractivity contribution in [1.82, 2.24) is 10.2 Å². The first-order valence-corrected chi connectivity index (χ1v) is 8.64. The van der Waals surface area contributed by atoms with Gasteiger partial charge in [0.2, 0.25) is 5.91 Å². The molecule has 5 nitrogen and oxygen atoms in total. The van der Waals surface area contributed by atoms with Gasteiger partial charge in [-0.25, -0.2) is 0 Å². The van der Waals surface area contributed by atoms with E-state index >= 15 is 0 Å². The number of carbonyl (C=O) groups excluding carboxylic acids is 1. The van der Waals surface area contributed by atoms with Gasteiger partial charge in [0.1, 0.15) is 0 Å². The third-order valence-electron chi connectivity index (χ3n) is 4.70. The molecular formula is C17H24ClN3O2. The fourth-order valence-electron chi connectivity index (χ4n) is 3.22. The predicted octanol–water partition coefficient (Wildman–Crippen LogP) is 1.76. The van der Waals surface area contributed by atoms with E-state index in [0.717, 1.165) is 49.9 Å². The molecule has 2 heterocycles. The molecule has 0 aromatic heterocycles. The number of rotatable bonds is 4. The number of nitrogens with one attached hydrogen (secondary N) is 1. The predicted molar refractivity (Wildman–Crippen MR) is 92.1 cm³/mol. The van der Waals surface area contributed by atoms with Gasteiger partial charge in [0.05, 0.1) is 12.6 Å². The number of nitrogens with zero attached hydrogens (tertiary/aromatic N) is 2. The third kappa shape index (κ3) is 4.16. The number of piperazine rings is 1. The maximum atomic E-state index is 12.3. The van der Waals surface area contributed by atoms with Crippen LogP contribution in [0, 0.1) is 0 Å². The topological polar surface area (TPSA) is 44.8 Å². The summed E-state index contributed by atoms with van der Waals surface area (Å²) in [5, 5.41) is 4.08. The van der Waals surface area contributed by atoms with Crippen molar-refractivity contribution in [1.29, 1.82) is 0 Å². The van der Waals surface area contributed by atoms with Crippen LogP contribution in [0.25, 0.3) is 0 Å². The fraction of sp³-hybridized carbons (Fsp3) is 0.588. The Bertz CT molecular complexity index is 546. The molecule has 126 valence electrons. The summed E-state index contributed by atoms with van der Waals surface area (Å²) < 4.78 is 5.51. The number of anilines is 1. The minimum absolute atomic E-state index is 0.176.